The van der Waals surface area contributed by atoms with Gasteiger partial charge in [0.05, 0.1) is 4.92 Å². The molecule has 0 amide bonds. The van der Waals surface area contributed by atoms with E-state index in [0.29, 0.717) is 17.1 Å². The molecule has 19 heavy (non-hydrogen) atoms. The van der Waals surface area contributed by atoms with E-state index in [4.69, 9.17) is 11.6 Å². The molecule has 2 aromatic rings. The lowest BCUT2D eigenvalue weighted by Gasteiger charge is -2.09. The van der Waals surface area contributed by atoms with Crippen molar-refractivity contribution in [3.63, 3.8) is 0 Å². The average molecular weight is 277 g/mol. The second-order valence-corrected chi connectivity index (χ2v) is 4.64. The molecule has 4 nitrogen and oxygen atoms in total. The Morgan fingerprint density at radius 3 is 2.68 bits per heavy atom. The molecular formula is C14H13ClN2O2. The van der Waals surface area contributed by atoms with Crippen LogP contribution < -0.4 is 5.32 Å². The van der Waals surface area contributed by atoms with Crippen LogP contribution in [-0.2, 0) is 6.54 Å². The molecule has 2 rings (SSSR count). The Bertz CT molecular complexity index is 614. The zero-order chi connectivity index (χ0) is 13.8. The summed E-state index contributed by atoms with van der Waals surface area (Å²) in [6.45, 7) is 2.37. The number of nitro groups is 1. The van der Waals surface area contributed by atoms with Gasteiger partial charge in [0.2, 0.25) is 0 Å². The Morgan fingerprint density at radius 1 is 1.26 bits per heavy atom. The minimum absolute atomic E-state index is 0.0357. The Kier molecular flexibility index (Phi) is 4.02. The molecular weight excluding hydrogens is 264 g/mol. The molecule has 0 aliphatic rings. The summed E-state index contributed by atoms with van der Waals surface area (Å²) in [5.41, 5.74) is 2.71. The van der Waals surface area contributed by atoms with Crippen LogP contribution in [0.15, 0.2) is 42.5 Å². The third-order valence-corrected chi connectivity index (χ3v) is 3.09. The molecule has 0 aromatic heterocycles. The highest BCUT2D eigenvalue weighted by Gasteiger charge is 2.13. The molecule has 2 aromatic carbocycles. The quantitative estimate of drug-likeness (QED) is 0.673. The zero-order valence-electron chi connectivity index (χ0n) is 10.4. The summed E-state index contributed by atoms with van der Waals surface area (Å²) in [6.07, 6.45) is 0. The van der Waals surface area contributed by atoms with Crippen LogP contribution in [0.4, 0.5) is 11.4 Å². The average Bonchev–Trinajstić information content (AvgIpc) is 2.38. The molecule has 0 fully saturated rings. The van der Waals surface area contributed by atoms with Crippen molar-refractivity contribution in [1.29, 1.82) is 0 Å². The summed E-state index contributed by atoms with van der Waals surface area (Å²) in [5.74, 6) is 0. The molecule has 98 valence electrons. The van der Waals surface area contributed by atoms with E-state index >= 15 is 0 Å². The standard InChI is InChI=1S/C14H13ClN2O2/c1-10-4-2-3-5-13(10)16-9-11-6-7-12(15)8-14(11)17(18)19/h2-8,16H,9H2,1H3. The van der Waals surface area contributed by atoms with Gasteiger partial charge in [-0.2, -0.15) is 0 Å². The SMILES string of the molecule is Cc1ccccc1NCc1ccc(Cl)cc1[N+](=O)[O-]. The number of rotatable bonds is 4. The van der Waals surface area contributed by atoms with Gasteiger partial charge in [-0.15, -0.1) is 0 Å². The van der Waals surface area contributed by atoms with Gasteiger partial charge < -0.3 is 5.32 Å². The lowest BCUT2D eigenvalue weighted by Crippen LogP contribution is -2.04. The minimum Gasteiger partial charge on any atom is -0.380 e. The molecule has 0 atom stereocenters. The van der Waals surface area contributed by atoms with Crippen molar-refractivity contribution in [3.8, 4) is 0 Å². The third-order valence-electron chi connectivity index (χ3n) is 2.86. The number of benzene rings is 2. The maximum atomic E-state index is 11.0. The summed E-state index contributed by atoms with van der Waals surface area (Å²) in [6, 6.07) is 12.5. The highest BCUT2D eigenvalue weighted by molar-refractivity contribution is 6.30. The lowest BCUT2D eigenvalue weighted by atomic mass is 10.1. The topological polar surface area (TPSA) is 55.2 Å². The maximum Gasteiger partial charge on any atom is 0.275 e. The van der Waals surface area contributed by atoms with Crippen LogP contribution in [0.5, 0.6) is 0 Å². The van der Waals surface area contributed by atoms with Crippen LogP contribution in [0.2, 0.25) is 5.02 Å². The van der Waals surface area contributed by atoms with Gasteiger partial charge in [0, 0.05) is 28.9 Å². The fourth-order valence-electron chi connectivity index (χ4n) is 1.82. The normalized spacial score (nSPS) is 10.2. The van der Waals surface area contributed by atoms with Gasteiger partial charge >= 0.3 is 0 Å². The molecule has 0 spiro atoms. The summed E-state index contributed by atoms with van der Waals surface area (Å²) in [7, 11) is 0. The Labute approximate surface area is 116 Å². The predicted octanol–water partition coefficient (Wildman–Crippen LogP) is 4.17. The summed E-state index contributed by atoms with van der Waals surface area (Å²) < 4.78 is 0. The molecule has 0 unspecified atom stereocenters. The number of hydrogen-bond acceptors (Lipinski definition) is 3. The fourth-order valence-corrected chi connectivity index (χ4v) is 1.98. The molecule has 0 saturated carbocycles. The largest absolute Gasteiger partial charge is 0.380 e. The Morgan fingerprint density at radius 2 is 2.00 bits per heavy atom. The van der Waals surface area contributed by atoms with Crippen molar-refractivity contribution in [2.24, 2.45) is 0 Å². The molecule has 1 N–H and O–H groups in total. The fraction of sp³-hybridized carbons (Fsp3) is 0.143. The summed E-state index contributed by atoms with van der Waals surface area (Å²) in [5, 5.41) is 14.5. The van der Waals surface area contributed by atoms with Crippen LogP contribution in [0, 0.1) is 17.0 Å². The van der Waals surface area contributed by atoms with Gasteiger partial charge in [-0.25, -0.2) is 0 Å². The molecule has 0 aliphatic heterocycles. The first-order valence-electron chi connectivity index (χ1n) is 5.80. The van der Waals surface area contributed by atoms with E-state index in [0.717, 1.165) is 11.3 Å². The molecule has 0 bridgehead atoms. The summed E-state index contributed by atoms with van der Waals surface area (Å²) >= 11 is 5.78. The van der Waals surface area contributed by atoms with E-state index in [1.165, 1.54) is 6.07 Å². The van der Waals surface area contributed by atoms with Crippen molar-refractivity contribution in [2.75, 3.05) is 5.32 Å². The first-order valence-corrected chi connectivity index (χ1v) is 6.18. The zero-order valence-corrected chi connectivity index (χ0v) is 11.1. The van der Waals surface area contributed by atoms with Crippen LogP contribution in [0.3, 0.4) is 0 Å². The molecule has 0 saturated heterocycles. The monoisotopic (exact) mass is 276 g/mol. The number of halogens is 1. The molecule has 0 radical (unpaired) electrons. The number of nitrogens with zero attached hydrogens (tertiary/aromatic N) is 1. The number of aryl methyl sites for hydroxylation is 1. The van der Waals surface area contributed by atoms with Crippen molar-refractivity contribution in [3.05, 3.63) is 68.7 Å². The van der Waals surface area contributed by atoms with Gasteiger partial charge in [0.25, 0.3) is 5.69 Å². The first kappa shape index (κ1) is 13.4. The Balaban J connectivity index is 2.20. The molecule has 0 aliphatic carbocycles. The lowest BCUT2D eigenvalue weighted by molar-refractivity contribution is -0.385. The van der Waals surface area contributed by atoms with Crippen molar-refractivity contribution < 1.29 is 4.92 Å². The van der Waals surface area contributed by atoms with Gasteiger partial charge in [0.15, 0.2) is 0 Å². The van der Waals surface area contributed by atoms with Gasteiger partial charge in [-0.3, -0.25) is 10.1 Å². The molecule has 5 heteroatoms. The van der Waals surface area contributed by atoms with Crippen LogP contribution in [0.1, 0.15) is 11.1 Å². The maximum absolute atomic E-state index is 11.0. The first-order chi connectivity index (χ1) is 9.08. The van der Waals surface area contributed by atoms with Crippen molar-refractivity contribution in [1.82, 2.24) is 0 Å². The third kappa shape index (κ3) is 3.23. The second-order valence-electron chi connectivity index (χ2n) is 4.20. The number of anilines is 1. The van der Waals surface area contributed by atoms with Crippen molar-refractivity contribution in [2.45, 2.75) is 13.5 Å². The van der Waals surface area contributed by atoms with E-state index in [9.17, 15) is 10.1 Å². The summed E-state index contributed by atoms with van der Waals surface area (Å²) in [4.78, 5) is 10.6. The van der Waals surface area contributed by atoms with Gasteiger partial charge in [0.1, 0.15) is 0 Å². The number of nitrogens with one attached hydrogen (secondary N) is 1. The predicted molar refractivity (Wildman–Crippen MR) is 76.6 cm³/mol. The van der Waals surface area contributed by atoms with Gasteiger partial charge in [-0.1, -0.05) is 29.8 Å². The second kappa shape index (κ2) is 5.71. The van der Waals surface area contributed by atoms with E-state index in [-0.39, 0.29) is 5.69 Å². The number of hydrogen-bond donors (Lipinski definition) is 1. The van der Waals surface area contributed by atoms with E-state index < -0.39 is 4.92 Å². The smallest absolute Gasteiger partial charge is 0.275 e. The van der Waals surface area contributed by atoms with Crippen LogP contribution in [0.25, 0.3) is 0 Å². The van der Waals surface area contributed by atoms with Crippen LogP contribution >= 0.6 is 11.6 Å². The van der Waals surface area contributed by atoms with E-state index in [2.05, 4.69) is 5.32 Å². The van der Waals surface area contributed by atoms with E-state index in [1.807, 2.05) is 31.2 Å². The highest BCUT2D eigenvalue weighted by Crippen LogP contribution is 2.24. The number of para-hydroxylation sites is 1. The Hall–Kier alpha value is -2.07. The van der Waals surface area contributed by atoms with Gasteiger partial charge in [-0.05, 0) is 30.7 Å². The highest BCUT2D eigenvalue weighted by atomic mass is 35.5. The van der Waals surface area contributed by atoms with Crippen molar-refractivity contribution >= 4 is 23.0 Å². The van der Waals surface area contributed by atoms with Crippen LogP contribution in [-0.4, -0.2) is 4.92 Å². The number of nitro benzene ring substituents is 1. The minimum atomic E-state index is -0.416. The van der Waals surface area contributed by atoms with E-state index in [1.54, 1.807) is 12.1 Å². The molecule has 0 heterocycles.